The van der Waals surface area contributed by atoms with Crippen LogP contribution >= 0.6 is 22.6 Å². The van der Waals surface area contributed by atoms with Crippen LogP contribution in [0.25, 0.3) is 0 Å². The van der Waals surface area contributed by atoms with Crippen molar-refractivity contribution in [1.82, 2.24) is 5.32 Å². The second-order valence-electron chi connectivity index (χ2n) is 4.91. The highest BCUT2D eigenvalue weighted by atomic mass is 127. The second-order valence-corrected chi connectivity index (χ2v) is 6.15. The van der Waals surface area contributed by atoms with Crippen LogP contribution in [0.2, 0.25) is 0 Å². The average molecular weight is 373 g/mol. The molecule has 19 heavy (non-hydrogen) atoms. The Bertz CT molecular complexity index is 478. The summed E-state index contributed by atoms with van der Waals surface area (Å²) in [5.41, 5.74) is -0.579. The van der Waals surface area contributed by atoms with E-state index >= 15 is 0 Å². The fraction of sp³-hybridized carbons (Fsp3) is 0.429. The maximum Gasteiger partial charge on any atom is 0.329 e. The molecule has 0 aromatic heterocycles. The Balaban J connectivity index is 2.15. The summed E-state index contributed by atoms with van der Waals surface area (Å²) in [6.45, 7) is 0. The predicted molar refractivity (Wildman–Crippen MR) is 80.1 cm³/mol. The van der Waals surface area contributed by atoms with E-state index < -0.39 is 11.5 Å². The Hall–Kier alpha value is -1.11. The van der Waals surface area contributed by atoms with Crippen LogP contribution in [0.3, 0.4) is 0 Å². The van der Waals surface area contributed by atoms with E-state index in [1.54, 1.807) is 12.1 Å². The summed E-state index contributed by atoms with van der Waals surface area (Å²) in [6, 6.07) is 7.11. The SMILES string of the molecule is O=C(NC1(C(=O)O)CCCCC1)c1ccc(I)cc1. The minimum absolute atomic E-state index is 0.305. The van der Waals surface area contributed by atoms with E-state index in [4.69, 9.17) is 0 Å². The molecule has 0 spiro atoms. The molecule has 0 heterocycles. The molecule has 2 N–H and O–H groups in total. The van der Waals surface area contributed by atoms with Crippen LogP contribution in [0, 0.1) is 3.57 Å². The van der Waals surface area contributed by atoms with E-state index in [1.807, 2.05) is 12.1 Å². The van der Waals surface area contributed by atoms with Gasteiger partial charge in [-0.1, -0.05) is 19.3 Å². The maximum absolute atomic E-state index is 12.2. The van der Waals surface area contributed by atoms with E-state index in [0.717, 1.165) is 22.8 Å². The van der Waals surface area contributed by atoms with Crippen LogP contribution in [0.15, 0.2) is 24.3 Å². The third kappa shape index (κ3) is 3.26. The van der Waals surface area contributed by atoms with Crippen LogP contribution in [0.1, 0.15) is 42.5 Å². The largest absolute Gasteiger partial charge is 0.480 e. The number of carbonyl (C=O) groups excluding carboxylic acids is 1. The zero-order chi connectivity index (χ0) is 13.9. The van der Waals surface area contributed by atoms with Crippen molar-refractivity contribution < 1.29 is 14.7 Å². The first-order valence-electron chi connectivity index (χ1n) is 6.35. The van der Waals surface area contributed by atoms with Gasteiger partial charge in [-0.25, -0.2) is 4.79 Å². The highest BCUT2D eigenvalue weighted by Gasteiger charge is 2.41. The Labute approximate surface area is 125 Å². The number of carbonyl (C=O) groups is 2. The van der Waals surface area contributed by atoms with Gasteiger partial charge >= 0.3 is 5.97 Å². The van der Waals surface area contributed by atoms with E-state index in [2.05, 4.69) is 27.9 Å². The molecule has 2 rings (SSSR count). The second kappa shape index (κ2) is 5.90. The fourth-order valence-corrected chi connectivity index (χ4v) is 2.80. The first-order chi connectivity index (χ1) is 9.03. The topological polar surface area (TPSA) is 66.4 Å². The highest BCUT2D eigenvalue weighted by molar-refractivity contribution is 14.1. The van der Waals surface area contributed by atoms with Crippen molar-refractivity contribution in [2.45, 2.75) is 37.6 Å². The van der Waals surface area contributed by atoms with Gasteiger partial charge in [0.15, 0.2) is 0 Å². The van der Waals surface area contributed by atoms with Crippen LogP contribution in [-0.2, 0) is 4.79 Å². The summed E-state index contributed by atoms with van der Waals surface area (Å²) < 4.78 is 1.04. The van der Waals surface area contributed by atoms with E-state index in [0.29, 0.717) is 18.4 Å². The Morgan fingerprint density at radius 2 is 1.68 bits per heavy atom. The maximum atomic E-state index is 12.2. The molecule has 0 radical (unpaired) electrons. The Morgan fingerprint density at radius 1 is 1.11 bits per heavy atom. The molecule has 0 unspecified atom stereocenters. The molecule has 0 saturated heterocycles. The number of rotatable bonds is 3. The number of benzene rings is 1. The normalized spacial score (nSPS) is 17.7. The van der Waals surface area contributed by atoms with Gasteiger partial charge in [-0.2, -0.15) is 0 Å². The quantitative estimate of drug-likeness (QED) is 0.801. The van der Waals surface area contributed by atoms with Gasteiger partial charge in [-0.3, -0.25) is 4.79 Å². The predicted octanol–water partition coefficient (Wildman–Crippen LogP) is 2.81. The molecule has 1 aliphatic carbocycles. The Kier molecular flexibility index (Phi) is 4.44. The smallest absolute Gasteiger partial charge is 0.329 e. The lowest BCUT2D eigenvalue weighted by molar-refractivity contribution is -0.145. The van der Waals surface area contributed by atoms with Gasteiger partial charge < -0.3 is 10.4 Å². The third-order valence-electron chi connectivity index (χ3n) is 3.58. The number of amides is 1. The summed E-state index contributed by atoms with van der Waals surface area (Å²) in [5.74, 6) is -1.23. The zero-order valence-electron chi connectivity index (χ0n) is 10.5. The van der Waals surface area contributed by atoms with Crippen molar-refractivity contribution in [2.75, 3.05) is 0 Å². The lowest BCUT2D eigenvalue weighted by atomic mass is 9.81. The number of halogens is 1. The van der Waals surface area contributed by atoms with Gasteiger partial charge in [0.05, 0.1) is 0 Å². The molecule has 1 amide bonds. The standard InChI is InChI=1S/C14H16INO3/c15-11-6-4-10(5-7-11)12(17)16-14(13(18)19)8-2-1-3-9-14/h4-7H,1-3,8-9H2,(H,16,17)(H,18,19). The number of hydrogen-bond acceptors (Lipinski definition) is 2. The average Bonchev–Trinajstić information content (AvgIpc) is 2.40. The van der Waals surface area contributed by atoms with Crippen molar-refractivity contribution >= 4 is 34.5 Å². The van der Waals surface area contributed by atoms with Crippen LogP contribution in [0.5, 0.6) is 0 Å². The van der Waals surface area contributed by atoms with Gasteiger partial charge in [0, 0.05) is 9.13 Å². The molecule has 4 nitrogen and oxygen atoms in total. The molecular formula is C14H16INO3. The van der Waals surface area contributed by atoms with E-state index in [9.17, 15) is 14.7 Å². The number of hydrogen-bond donors (Lipinski definition) is 2. The highest BCUT2D eigenvalue weighted by Crippen LogP contribution is 2.28. The van der Waals surface area contributed by atoms with Crippen LogP contribution in [0.4, 0.5) is 0 Å². The number of carboxylic acids is 1. The molecule has 1 aromatic carbocycles. The number of carboxylic acid groups (broad SMARTS) is 1. The van der Waals surface area contributed by atoms with Gasteiger partial charge in [0.25, 0.3) is 5.91 Å². The van der Waals surface area contributed by atoms with Crippen molar-refractivity contribution in [3.63, 3.8) is 0 Å². The molecule has 1 fully saturated rings. The number of aliphatic carboxylic acids is 1. The van der Waals surface area contributed by atoms with Gasteiger partial charge in [0.2, 0.25) is 0 Å². The van der Waals surface area contributed by atoms with Crippen molar-refractivity contribution in [2.24, 2.45) is 0 Å². The van der Waals surface area contributed by atoms with Gasteiger partial charge in [-0.15, -0.1) is 0 Å². The Morgan fingerprint density at radius 3 is 2.21 bits per heavy atom. The molecule has 1 aliphatic rings. The van der Waals surface area contributed by atoms with Crippen molar-refractivity contribution in [3.05, 3.63) is 33.4 Å². The van der Waals surface area contributed by atoms with E-state index in [1.165, 1.54) is 0 Å². The summed E-state index contributed by atoms with van der Waals surface area (Å²) in [7, 11) is 0. The van der Waals surface area contributed by atoms with Crippen molar-refractivity contribution in [1.29, 1.82) is 0 Å². The minimum atomic E-state index is -1.08. The molecule has 1 aromatic rings. The molecule has 0 bridgehead atoms. The van der Waals surface area contributed by atoms with Crippen LogP contribution in [-0.4, -0.2) is 22.5 Å². The molecule has 1 saturated carbocycles. The lowest BCUT2D eigenvalue weighted by Gasteiger charge is -2.34. The summed E-state index contributed by atoms with van der Waals surface area (Å²) in [5, 5.41) is 12.1. The molecule has 5 heteroatoms. The lowest BCUT2D eigenvalue weighted by Crippen LogP contribution is -2.55. The molecule has 0 aliphatic heterocycles. The fourth-order valence-electron chi connectivity index (χ4n) is 2.44. The zero-order valence-corrected chi connectivity index (χ0v) is 12.6. The molecule has 102 valence electrons. The minimum Gasteiger partial charge on any atom is -0.480 e. The van der Waals surface area contributed by atoms with Gasteiger partial charge in [-0.05, 0) is 59.7 Å². The van der Waals surface area contributed by atoms with Crippen molar-refractivity contribution in [3.8, 4) is 0 Å². The monoisotopic (exact) mass is 373 g/mol. The molecule has 0 atom stereocenters. The summed E-state index contributed by atoms with van der Waals surface area (Å²) in [6.07, 6.45) is 3.75. The van der Waals surface area contributed by atoms with Crippen LogP contribution < -0.4 is 5.32 Å². The van der Waals surface area contributed by atoms with Gasteiger partial charge in [0.1, 0.15) is 5.54 Å². The van der Waals surface area contributed by atoms with E-state index in [-0.39, 0.29) is 5.91 Å². The number of nitrogens with one attached hydrogen (secondary N) is 1. The summed E-state index contributed by atoms with van der Waals surface area (Å²) in [4.78, 5) is 23.6. The molecular weight excluding hydrogens is 357 g/mol. The third-order valence-corrected chi connectivity index (χ3v) is 4.29. The first kappa shape index (κ1) is 14.3. The summed E-state index contributed by atoms with van der Waals surface area (Å²) >= 11 is 2.16. The first-order valence-corrected chi connectivity index (χ1v) is 7.43.